The van der Waals surface area contributed by atoms with Crippen LogP contribution >= 0.6 is 0 Å². The predicted molar refractivity (Wildman–Crippen MR) is 160 cm³/mol. The minimum atomic E-state index is -0.386. The molecule has 4 aromatic carbocycles. The van der Waals surface area contributed by atoms with Crippen molar-refractivity contribution in [3.8, 4) is 22.6 Å². The lowest BCUT2D eigenvalue weighted by molar-refractivity contribution is -0.132. The van der Waals surface area contributed by atoms with E-state index in [1.54, 1.807) is 0 Å². The van der Waals surface area contributed by atoms with Gasteiger partial charge in [0.25, 0.3) is 0 Å². The third-order valence-corrected chi connectivity index (χ3v) is 7.35. The molecule has 2 aliphatic heterocycles. The maximum Gasteiger partial charge on any atom is 0.336 e. The Balaban J connectivity index is 1.20. The Labute approximate surface area is 240 Å². The highest BCUT2D eigenvalue weighted by Crippen LogP contribution is 2.34. The largest absolute Gasteiger partial charge is 0.491 e. The van der Waals surface area contributed by atoms with Gasteiger partial charge < -0.3 is 18.9 Å². The number of cyclic esters (lactones) is 1. The minimum Gasteiger partial charge on any atom is -0.491 e. The van der Waals surface area contributed by atoms with Crippen LogP contribution in [0.3, 0.4) is 0 Å². The number of allylic oxidation sites excluding steroid dienone is 1. The lowest BCUT2D eigenvalue weighted by Crippen LogP contribution is -2.32. The summed E-state index contributed by atoms with van der Waals surface area (Å²) in [5.74, 6) is 1.68. The highest BCUT2D eigenvalue weighted by atomic mass is 16.6. The van der Waals surface area contributed by atoms with Gasteiger partial charge in [-0.3, -0.25) is 0 Å². The van der Waals surface area contributed by atoms with Crippen LogP contribution in [0, 0.1) is 13.8 Å². The van der Waals surface area contributed by atoms with Gasteiger partial charge in [0.2, 0.25) is 0 Å². The number of aryl methyl sites for hydroxylation is 2. The Kier molecular flexibility index (Phi) is 7.70. The molecule has 0 amide bonds. The van der Waals surface area contributed by atoms with Crippen molar-refractivity contribution in [1.82, 2.24) is 0 Å². The first kappa shape index (κ1) is 26.6. The van der Waals surface area contributed by atoms with Crippen molar-refractivity contribution in [1.29, 1.82) is 0 Å². The second-order valence-corrected chi connectivity index (χ2v) is 10.5. The van der Waals surface area contributed by atoms with Gasteiger partial charge in [0.15, 0.2) is 0 Å². The van der Waals surface area contributed by atoms with E-state index >= 15 is 0 Å². The first-order valence-electron chi connectivity index (χ1n) is 13.9. The van der Waals surface area contributed by atoms with Gasteiger partial charge in [-0.05, 0) is 60.9 Å². The fourth-order valence-corrected chi connectivity index (χ4v) is 5.10. The number of carbonyl (C=O) groups excluding carboxylic acids is 1. The highest BCUT2D eigenvalue weighted by molar-refractivity contribution is 6.01. The van der Waals surface area contributed by atoms with E-state index in [1.807, 2.05) is 98.8 Å². The summed E-state index contributed by atoms with van der Waals surface area (Å²) in [5, 5.41) is 0. The van der Waals surface area contributed by atoms with Gasteiger partial charge in [-0.1, -0.05) is 90.0 Å². The van der Waals surface area contributed by atoms with Gasteiger partial charge in [-0.25, -0.2) is 4.79 Å². The van der Waals surface area contributed by atoms with Crippen LogP contribution in [-0.2, 0) is 14.3 Å². The maximum atomic E-state index is 12.4. The van der Waals surface area contributed by atoms with Crippen molar-refractivity contribution < 1.29 is 23.7 Å². The summed E-state index contributed by atoms with van der Waals surface area (Å²) in [6.45, 7) is 4.43. The van der Waals surface area contributed by atoms with Crippen molar-refractivity contribution >= 4 is 11.5 Å². The molecule has 3 atom stereocenters. The average Bonchev–Trinajstić information content (AvgIpc) is 3.56. The van der Waals surface area contributed by atoms with Crippen LogP contribution in [0.1, 0.15) is 23.1 Å². The Bertz CT molecular complexity index is 1550. The fraction of sp³-hybridized carbons (Fsp3) is 0.194. The summed E-state index contributed by atoms with van der Waals surface area (Å²) < 4.78 is 24.5. The third kappa shape index (κ3) is 6.42. The smallest absolute Gasteiger partial charge is 0.336 e. The van der Waals surface area contributed by atoms with Gasteiger partial charge in [0, 0.05) is 18.1 Å². The minimum absolute atomic E-state index is 0.236. The summed E-state index contributed by atoms with van der Waals surface area (Å²) in [4.78, 5) is 12.4. The van der Waals surface area contributed by atoms with Crippen LogP contribution in [0.5, 0.6) is 11.5 Å². The van der Waals surface area contributed by atoms with Crippen LogP contribution < -0.4 is 9.47 Å². The van der Waals surface area contributed by atoms with E-state index in [4.69, 9.17) is 18.9 Å². The zero-order valence-electron chi connectivity index (χ0n) is 23.2. The van der Waals surface area contributed by atoms with Gasteiger partial charge >= 0.3 is 5.97 Å². The van der Waals surface area contributed by atoms with Crippen LogP contribution in [0.25, 0.3) is 16.7 Å². The molecule has 2 aliphatic rings. The molecule has 0 N–H and O–H groups in total. The van der Waals surface area contributed by atoms with Gasteiger partial charge in [-0.2, -0.15) is 0 Å². The lowest BCUT2D eigenvalue weighted by atomic mass is 9.99. The van der Waals surface area contributed by atoms with E-state index in [9.17, 15) is 4.79 Å². The Morgan fingerprint density at radius 1 is 0.756 bits per heavy atom. The number of rotatable bonds is 8. The molecule has 0 aliphatic carbocycles. The maximum absolute atomic E-state index is 12.4. The summed E-state index contributed by atoms with van der Waals surface area (Å²) in [5.41, 5.74) is 6.24. The van der Waals surface area contributed by atoms with Gasteiger partial charge in [0.1, 0.15) is 36.1 Å². The van der Waals surface area contributed by atoms with Crippen molar-refractivity contribution in [3.63, 3.8) is 0 Å². The van der Waals surface area contributed by atoms with Crippen molar-refractivity contribution in [2.24, 2.45) is 0 Å². The van der Waals surface area contributed by atoms with Crippen molar-refractivity contribution in [2.75, 3.05) is 6.61 Å². The molecule has 6 rings (SSSR count). The molecule has 41 heavy (non-hydrogen) atoms. The molecule has 1 fully saturated rings. The summed E-state index contributed by atoms with van der Waals surface area (Å²) >= 11 is 0. The molecule has 0 bridgehead atoms. The normalized spacial score (nSPS) is 21.0. The number of hydrogen-bond donors (Lipinski definition) is 0. The predicted octanol–water partition coefficient (Wildman–Crippen LogP) is 7.48. The Morgan fingerprint density at radius 2 is 1.37 bits per heavy atom. The molecule has 2 heterocycles. The molecule has 1 saturated heterocycles. The van der Waals surface area contributed by atoms with Crippen molar-refractivity contribution in [3.05, 3.63) is 138 Å². The monoisotopic (exact) mass is 544 g/mol. The first-order valence-corrected chi connectivity index (χ1v) is 13.9. The third-order valence-electron chi connectivity index (χ3n) is 7.35. The number of benzene rings is 4. The number of hydrogen-bond acceptors (Lipinski definition) is 5. The lowest BCUT2D eigenvalue weighted by Gasteiger charge is -2.20. The zero-order chi connectivity index (χ0) is 28.2. The number of ether oxygens (including phenoxy) is 4. The molecular weight excluding hydrogens is 512 g/mol. The van der Waals surface area contributed by atoms with E-state index in [2.05, 4.69) is 24.3 Å². The average molecular weight is 545 g/mol. The molecule has 5 nitrogen and oxygen atoms in total. The second-order valence-electron chi connectivity index (χ2n) is 10.5. The molecule has 0 aromatic heterocycles. The molecule has 4 aromatic rings. The summed E-state index contributed by atoms with van der Waals surface area (Å²) in [6.07, 6.45) is 3.16. The number of carbonyl (C=O) groups is 1. The van der Waals surface area contributed by atoms with Gasteiger partial charge in [0.05, 0.1) is 6.10 Å². The molecule has 0 spiro atoms. The summed E-state index contributed by atoms with van der Waals surface area (Å²) in [6, 6.07) is 34.3. The molecular formula is C36H32O5. The molecule has 0 saturated carbocycles. The quantitative estimate of drug-likeness (QED) is 0.215. The van der Waals surface area contributed by atoms with E-state index in [1.165, 1.54) is 17.2 Å². The van der Waals surface area contributed by atoms with Crippen molar-refractivity contribution in [2.45, 2.75) is 38.6 Å². The van der Waals surface area contributed by atoms with Crippen LogP contribution in [0.2, 0.25) is 0 Å². The van der Waals surface area contributed by atoms with E-state index in [0.717, 1.165) is 33.8 Å². The molecule has 5 heteroatoms. The van der Waals surface area contributed by atoms with Crippen LogP contribution in [0.15, 0.2) is 121 Å². The fourth-order valence-electron chi connectivity index (χ4n) is 5.10. The van der Waals surface area contributed by atoms with E-state index in [0.29, 0.717) is 18.8 Å². The van der Waals surface area contributed by atoms with Gasteiger partial charge in [-0.15, -0.1) is 0 Å². The molecule has 0 unspecified atom stereocenters. The zero-order valence-corrected chi connectivity index (χ0v) is 23.2. The number of esters is 1. The topological polar surface area (TPSA) is 54.0 Å². The van der Waals surface area contributed by atoms with Crippen LogP contribution in [0.4, 0.5) is 0 Å². The molecule has 206 valence electrons. The van der Waals surface area contributed by atoms with E-state index < -0.39 is 0 Å². The standard InChI is InChI=1S/C36H32O5/c1-24-8-16-29(17-9-24)38-23-35-34(39-30-18-10-25(2)11-19-30)21-31(40-35)20-33-32(22-36(37)41-33)28-14-12-27(13-15-28)26-6-4-3-5-7-26/h3-20,22,31,34-35H,21,23H2,1-2H3/b33-20-/t31-,34+,35-/m1/s1. The van der Waals surface area contributed by atoms with Crippen LogP contribution in [-0.4, -0.2) is 30.9 Å². The Morgan fingerprint density at radius 3 is 2.05 bits per heavy atom. The Hall–Kier alpha value is -4.61. The summed E-state index contributed by atoms with van der Waals surface area (Å²) in [7, 11) is 0. The highest BCUT2D eigenvalue weighted by Gasteiger charge is 2.38. The SMILES string of the molecule is Cc1ccc(OC[C@H]2O[C@H](/C=C3\OC(=O)C=C3c3ccc(-c4ccccc4)cc3)C[C@@H]2Oc2ccc(C)cc2)cc1. The van der Waals surface area contributed by atoms with E-state index in [-0.39, 0.29) is 24.3 Å². The second kappa shape index (κ2) is 11.9. The molecule has 0 radical (unpaired) electrons. The first-order chi connectivity index (χ1) is 20.0.